The van der Waals surface area contributed by atoms with Gasteiger partial charge < -0.3 is 4.90 Å². The van der Waals surface area contributed by atoms with Crippen LogP contribution in [-0.4, -0.2) is 11.4 Å². The Hall–Kier alpha value is -1.61. The molecule has 1 aromatic rings. The molecule has 0 saturated heterocycles. The van der Waals surface area contributed by atoms with Crippen LogP contribution in [0.5, 0.6) is 0 Å². The lowest BCUT2D eigenvalue weighted by Gasteiger charge is -2.30. The number of hydrogen-bond acceptors (Lipinski definition) is 1. The molecule has 0 fully saturated rings. The van der Waals surface area contributed by atoms with Crippen molar-refractivity contribution in [2.75, 3.05) is 6.54 Å². The van der Waals surface area contributed by atoms with E-state index in [2.05, 4.69) is 6.58 Å². The van der Waals surface area contributed by atoms with Gasteiger partial charge in [-0.25, -0.2) is 8.78 Å². The summed E-state index contributed by atoms with van der Waals surface area (Å²) in [5, 5.41) is 0.525. The largest absolute Gasteiger partial charge is 0.341 e. The molecule has 0 saturated carbocycles. The molecule has 0 aliphatic carbocycles. The maximum atomic E-state index is 13.2. The molecule has 1 aliphatic heterocycles. The summed E-state index contributed by atoms with van der Waals surface area (Å²) in [6.45, 7) is 6.40. The number of rotatable bonds is 2. The molecular formula is C14H12ClF2N. The molecule has 0 unspecified atom stereocenters. The third kappa shape index (κ3) is 2.31. The van der Waals surface area contributed by atoms with E-state index in [1.165, 1.54) is 12.1 Å². The molecule has 0 amide bonds. The minimum atomic E-state index is -0.604. The van der Waals surface area contributed by atoms with Crippen LogP contribution in [0.3, 0.4) is 0 Å². The Morgan fingerprint density at radius 1 is 1.17 bits per heavy atom. The van der Waals surface area contributed by atoms with Crippen LogP contribution in [0, 0.1) is 11.6 Å². The van der Waals surface area contributed by atoms with Crippen molar-refractivity contribution < 1.29 is 8.78 Å². The van der Waals surface area contributed by atoms with Gasteiger partial charge in [0.2, 0.25) is 0 Å². The van der Waals surface area contributed by atoms with Gasteiger partial charge in [0, 0.05) is 23.9 Å². The molecule has 0 radical (unpaired) electrons. The fourth-order valence-electron chi connectivity index (χ4n) is 1.93. The Balaban J connectivity index is 2.51. The Morgan fingerprint density at radius 3 is 2.33 bits per heavy atom. The van der Waals surface area contributed by atoms with Crippen molar-refractivity contribution in [3.63, 3.8) is 0 Å². The summed E-state index contributed by atoms with van der Waals surface area (Å²) in [6.07, 6.45) is 3.41. The summed E-state index contributed by atoms with van der Waals surface area (Å²) >= 11 is 5.98. The van der Waals surface area contributed by atoms with Crippen molar-refractivity contribution >= 4 is 17.3 Å². The topological polar surface area (TPSA) is 3.24 Å². The monoisotopic (exact) mass is 267 g/mol. The molecule has 94 valence electrons. The van der Waals surface area contributed by atoms with Crippen molar-refractivity contribution in [1.29, 1.82) is 0 Å². The fraction of sp³-hybridized carbons (Fsp3) is 0.143. The van der Waals surface area contributed by atoms with E-state index in [1.807, 2.05) is 11.8 Å². The zero-order valence-electron chi connectivity index (χ0n) is 9.88. The predicted molar refractivity (Wildman–Crippen MR) is 69.8 cm³/mol. The maximum absolute atomic E-state index is 13.2. The lowest BCUT2D eigenvalue weighted by Crippen LogP contribution is -2.23. The predicted octanol–water partition coefficient (Wildman–Crippen LogP) is 4.28. The normalized spacial score (nSPS) is 15.6. The van der Waals surface area contributed by atoms with Crippen LogP contribution in [0.15, 0.2) is 47.7 Å². The van der Waals surface area contributed by atoms with Gasteiger partial charge in [0.05, 0.1) is 10.7 Å². The van der Waals surface area contributed by atoms with E-state index in [9.17, 15) is 8.78 Å². The average Bonchev–Trinajstić information content (AvgIpc) is 2.31. The molecule has 1 aromatic carbocycles. The second-order valence-corrected chi connectivity index (χ2v) is 4.32. The molecule has 1 aliphatic rings. The number of nitrogens with zero attached hydrogens (tertiary/aromatic N) is 1. The van der Waals surface area contributed by atoms with Gasteiger partial charge in [-0.1, -0.05) is 18.2 Å². The Kier molecular flexibility index (Phi) is 3.53. The molecule has 1 heterocycles. The van der Waals surface area contributed by atoms with Crippen LogP contribution in [0.1, 0.15) is 12.5 Å². The SMILES string of the molecule is C=C1C(Cl)=CC=C(c2cc(F)cc(F)c2)N1CC. The van der Waals surface area contributed by atoms with Gasteiger partial charge in [0.25, 0.3) is 0 Å². The number of hydrogen-bond donors (Lipinski definition) is 0. The molecule has 0 spiro atoms. The second-order valence-electron chi connectivity index (χ2n) is 3.92. The molecule has 18 heavy (non-hydrogen) atoms. The van der Waals surface area contributed by atoms with Crippen molar-refractivity contribution in [2.24, 2.45) is 0 Å². The number of likely N-dealkylation sites (N-methyl/N-ethyl adjacent to an activating group) is 1. The summed E-state index contributed by atoms with van der Waals surface area (Å²) in [6, 6.07) is 3.43. The van der Waals surface area contributed by atoms with Crippen molar-refractivity contribution in [3.05, 3.63) is 64.9 Å². The van der Waals surface area contributed by atoms with Crippen LogP contribution in [-0.2, 0) is 0 Å². The van der Waals surface area contributed by atoms with E-state index in [-0.39, 0.29) is 0 Å². The smallest absolute Gasteiger partial charge is 0.126 e. The number of allylic oxidation sites excluding steroid dienone is 3. The third-order valence-corrected chi connectivity index (χ3v) is 3.10. The summed E-state index contributed by atoms with van der Waals surface area (Å²) in [4.78, 5) is 1.82. The molecule has 4 heteroatoms. The average molecular weight is 268 g/mol. The Labute approximate surface area is 110 Å². The van der Waals surface area contributed by atoms with Gasteiger partial charge in [-0.3, -0.25) is 0 Å². The summed E-state index contributed by atoms with van der Waals surface area (Å²) in [5.74, 6) is -1.21. The van der Waals surface area contributed by atoms with Crippen LogP contribution in [0.25, 0.3) is 5.70 Å². The first-order valence-electron chi connectivity index (χ1n) is 5.53. The van der Waals surface area contributed by atoms with Gasteiger partial charge in [0.15, 0.2) is 0 Å². The van der Waals surface area contributed by atoms with E-state index in [4.69, 9.17) is 11.6 Å². The van der Waals surface area contributed by atoms with Crippen molar-refractivity contribution in [1.82, 2.24) is 4.90 Å². The van der Waals surface area contributed by atoms with Gasteiger partial charge >= 0.3 is 0 Å². The molecular weight excluding hydrogens is 256 g/mol. The minimum Gasteiger partial charge on any atom is -0.341 e. The molecule has 0 bridgehead atoms. The summed E-state index contributed by atoms with van der Waals surface area (Å²) in [5.41, 5.74) is 1.78. The molecule has 0 aromatic heterocycles. The van der Waals surface area contributed by atoms with Crippen LogP contribution < -0.4 is 0 Å². The van der Waals surface area contributed by atoms with E-state index in [0.29, 0.717) is 28.5 Å². The highest BCUT2D eigenvalue weighted by Crippen LogP contribution is 2.32. The van der Waals surface area contributed by atoms with E-state index >= 15 is 0 Å². The molecule has 0 N–H and O–H groups in total. The fourth-order valence-corrected chi connectivity index (χ4v) is 2.09. The highest BCUT2D eigenvalue weighted by molar-refractivity contribution is 6.32. The lowest BCUT2D eigenvalue weighted by atomic mass is 10.1. The second kappa shape index (κ2) is 4.94. The summed E-state index contributed by atoms with van der Waals surface area (Å²) in [7, 11) is 0. The highest BCUT2D eigenvalue weighted by Gasteiger charge is 2.19. The highest BCUT2D eigenvalue weighted by atomic mass is 35.5. The van der Waals surface area contributed by atoms with Gasteiger partial charge in [0.1, 0.15) is 11.6 Å². The quantitative estimate of drug-likeness (QED) is 0.773. The van der Waals surface area contributed by atoms with Gasteiger partial charge in [-0.15, -0.1) is 0 Å². The minimum absolute atomic E-state index is 0.468. The van der Waals surface area contributed by atoms with Gasteiger partial charge in [-0.05, 0) is 31.2 Å². The first-order valence-corrected chi connectivity index (χ1v) is 5.91. The lowest BCUT2D eigenvalue weighted by molar-refractivity contribution is 0.524. The first-order chi connectivity index (χ1) is 8.52. The molecule has 2 rings (SSSR count). The van der Waals surface area contributed by atoms with Crippen LogP contribution in [0.4, 0.5) is 8.78 Å². The van der Waals surface area contributed by atoms with Crippen molar-refractivity contribution in [3.8, 4) is 0 Å². The van der Waals surface area contributed by atoms with Gasteiger partial charge in [-0.2, -0.15) is 0 Å². The van der Waals surface area contributed by atoms with E-state index in [1.54, 1.807) is 12.2 Å². The standard InChI is InChI=1S/C14H12ClF2N/c1-3-18-9(2)13(15)4-5-14(18)10-6-11(16)8-12(17)7-10/h4-8H,2-3H2,1H3. The van der Waals surface area contributed by atoms with Crippen LogP contribution in [0.2, 0.25) is 0 Å². The Bertz CT molecular complexity index is 541. The number of benzene rings is 1. The van der Waals surface area contributed by atoms with Crippen LogP contribution >= 0.6 is 11.6 Å². The maximum Gasteiger partial charge on any atom is 0.126 e. The van der Waals surface area contributed by atoms with E-state index < -0.39 is 11.6 Å². The first kappa shape index (κ1) is 12.8. The zero-order valence-corrected chi connectivity index (χ0v) is 10.6. The van der Waals surface area contributed by atoms with E-state index in [0.717, 1.165) is 6.07 Å². The number of halogens is 3. The Morgan fingerprint density at radius 2 is 1.78 bits per heavy atom. The zero-order chi connectivity index (χ0) is 13.3. The van der Waals surface area contributed by atoms with Crippen molar-refractivity contribution in [2.45, 2.75) is 6.92 Å². The third-order valence-electron chi connectivity index (χ3n) is 2.75. The molecule has 0 atom stereocenters. The molecule has 1 nitrogen and oxygen atoms in total. The summed E-state index contributed by atoms with van der Waals surface area (Å²) < 4.78 is 26.5.